The molecule has 0 saturated heterocycles. The number of hydrogen-bond donors (Lipinski definition) is 0. The van der Waals surface area contributed by atoms with Crippen LogP contribution in [0.25, 0.3) is 0 Å². The molecule has 0 radical (unpaired) electrons. The fraction of sp³-hybridized carbons (Fsp3) is 0.950. The molecule has 2 nitrogen and oxygen atoms in total. The standard InChI is InChI=1S/C18H35IO2.C2H5I/c1-2-3-4-5-6-7-8-9-10-11-12-13-14-15-16-17-18(20)21-19;1-2-3/h2-17H2,1H3;2H2,1H3. The van der Waals surface area contributed by atoms with Crippen molar-refractivity contribution in [2.24, 2.45) is 0 Å². The van der Waals surface area contributed by atoms with E-state index in [-0.39, 0.29) is 5.97 Å². The van der Waals surface area contributed by atoms with Crippen LogP contribution in [-0.4, -0.2) is 10.4 Å². The molecule has 0 aromatic rings. The average molecular weight is 566 g/mol. The van der Waals surface area contributed by atoms with E-state index in [9.17, 15) is 4.79 Å². The summed E-state index contributed by atoms with van der Waals surface area (Å²) >= 11 is 3.95. The topological polar surface area (TPSA) is 26.3 Å². The highest BCUT2D eigenvalue weighted by Crippen LogP contribution is 2.13. The molecule has 0 amide bonds. The first kappa shape index (κ1) is 27.2. The Balaban J connectivity index is 0. The van der Waals surface area contributed by atoms with Gasteiger partial charge in [0.2, 0.25) is 0 Å². The minimum atomic E-state index is -0.0784. The van der Waals surface area contributed by atoms with Crippen molar-refractivity contribution in [3.63, 3.8) is 0 Å². The van der Waals surface area contributed by atoms with Gasteiger partial charge in [-0.3, -0.25) is 4.79 Å². The van der Waals surface area contributed by atoms with Gasteiger partial charge in [0, 0.05) is 6.42 Å². The van der Waals surface area contributed by atoms with Gasteiger partial charge in [0.15, 0.2) is 23.0 Å². The summed E-state index contributed by atoms with van der Waals surface area (Å²) in [6.07, 6.45) is 20.9. The number of halogens is 2. The zero-order chi connectivity index (χ0) is 18.3. The number of rotatable bonds is 16. The average Bonchev–Trinajstić information content (AvgIpc) is 2.58. The van der Waals surface area contributed by atoms with Gasteiger partial charge in [-0.25, -0.2) is 0 Å². The molecule has 146 valence electrons. The quantitative estimate of drug-likeness (QED) is 0.106. The molecule has 0 heterocycles. The maximum Gasteiger partial charge on any atom is 0.315 e. The molecule has 0 unspecified atom stereocenters. The van der Waals surface area contributed by atoms with Crippen molar-refractivity contribution in [2.45, 2.75) is 117 Å². The summed E-state index contributed by atoms with van der Waals surface area (Å²) in [4.78, 5) is 10.9. The van der Waals surface area contributed by atoms with Crippen molar-refractivity contribution < 1.29 is 7.86 Å². The second kappa shape index (κ2) is 26.2. The first-order valence-corrected chi connectivity index (χ1v) is 12.5. The summed E-state index contributed by atoms with van der Waals surface area (Å²) in [6, 6.07) is 0. The molecule has 0 aromatic heterocycles. The number of unbranched alkanes of at least 4 members (excludes halogenated alkanes) is 14. The van der Waals surface area contributed by atoms with E-state index in [0.717, 1.165) is 6.42 Å². The Bertz CT molecular complexity index is 236. The van der Waals surface area contributed by atoms with Gasteiger partial charge in [0.05, 0.1) is 0 Å². The van der Waals surface area contributed by atoms with E-state index in [4.69, 9.17) is 0 Å². The Labute approximate surface area is 179 Å². The number of carbonyl (C=O) groups excluding carboxylic acids is 1. The monoisotopic (exact) mass is 566 g/mol. The van der Waals surface area contributed by atoms with E-state index in [1.807, 2.05) is 0 Å². The van der Waals surface area contributed by atoms with Crippen molar-refractivity contribution in [1.82, 2.24) is 0 Å². The highest BCUT2D eigenvalue weighted by atomic mass is 127. The molecule has 0 aliphatic carbocycles. The lowest BCUT2D eigenvalue weighted by Crippen LogP contribution is -1.95. The molecule has 4 heteroatoms. The van der Waals surface area contributed by atoms with Crippen molar-refractivity contribution >= 4 is 51.6 Å². The lowest BCUT2D eigenvalue weighted by molar-refractivity contribution is -0.131. The summed E-state index contributed by atoms with van der Waals surface area (Å²) < 4.78 is 5.82. The van der Waals surface area contributed by atoms with Crippen LogP contribution in [-0.2, 0) is 7.86 Å². The van der Waals surface area contributed by atoms with Crippen LogP contribution >= 0.6 is 45.6 Å². The minimum Gasteiger partial charge on any atom is -0.394 e. The predicted molar refractivity (Wildman–Crippen MR) is 124 cm³/mol. The third-order valence-corrected chi connectivity index (χ3v) is 4.56. The maximum atomic E-state index is 10.9. The van der Waals surface area contributed by atoms with E-state index in [2.05, 4.69) is 39.5 Å². The van der Waals surface area contributed by atoms with E-state index in [1.165, 1.54) is 94.3 Å². The Kier molecular flexibility index (Phi) is 29.6. The highest BCUT2D eigenvalue weighted by Gasteiger charge is 2.00. The first-order chi connectivity index (χ1) is 11.7. The fourth-order valence-electron chi connectivity index (χ4n) is 2.68. The smallest absolute Gasteiger partial charge is 0.315 e. The van der Waals surface area contributed by atoms with Crippen LogP contribution in [0.1, 0.15) is 117 Å². The van der Waals surface area contributed by atoms with Crippen LogP contribution in [0.3, 0.4) is 0 Å². The van der Waals surface area contributed by atoms with Crippen molar-refractivity contribution in [3.8, 4) is 0 Å². The van der Waals surface area contributed by atoms with E-state index in [1.54, 1.807) is 23.0 Å². The van der Waals surface area contributed by atoms with Crippen molar-refractivity contribution in [2.75, 3.05) is 4.43 Å². The van der Waals surface area contributed by atoms with E-state index in [0.29, 0.717) is 6.42 Å². The molecule has 0 rings (SSSR count). The van der Waals surface area contributed by atoms with Crippen molar-refractivity contribution in [3.05, 3.63) is 0 Å². The largest absolute Gasteiger partial charge is 0.394 e. The number of hydrogen-bond acceptors (Lipinski definition) is 2. The van der Waals surface area contributed by atoms with Gasteiger partial charge in [-0.2, -0.15) is 0 Å². The normalized spacial score (nSPS) is 10.2. The molecule has 0 fully saturated rings. The Morgan fingerprint density at radius 2 is 0.958 bits per heavy atom. The molecular weight excluding hydrogens is 526 g/mol. The second-order valence-corrected chi connectivity index (χ2v) is 8.38. The fourth-order valence-corrected chi connectivity index (χ4v) is 2.90. The molecule has 0 atom stereocenters. The summed E-state index contributed by atoms with van der Waals surface area (Å²) in [5, 5.41) is 0. The summed E-state index contributed by atoms with van der Waals surface area (Å²) in [5.41, 5.74) is 0. The molecule has 0 aromatic carbocycles. The van der Waals surface area contributed by atoms with Crippen molar-refractivity contribution in [1.29, 1.82) is 0 Å². The molecular formula is C20H40I2O2. The number of alkyl halides is 1. The van der Waals surface area contributed by atoms with Crippen LogP contribution in [0.4, 0.5) is 0 Å². The van der Waals surface area contributed by atoms with Gasteiger partial charge in [-0.05, 0) is 10.8 Å². The van der Waals surface area contributed by atoms with Gasteiger partial charge in [0.25, 0.3) is 0 Å². The lowest BCUT2D eigenvalue weighted by atomic mass is 10.0. The number of carbonyl (C=O) groups is 1. The van der Waals surface area contributed by atoms with Crippen LogP contribution in [0, 0.1) is 0 Å². The molecule has 24 heavy (non-hydrogen) atoms. The summed E-state index contributed by atoms with van der Waals surface area (Å²) in [5.74, 6) is -0.0784. The third kappa shape index (κ3) is 27.8. The Morgan fingerprint density at radius 1 is 0.667 bits per heavy atom. The maximum absolute atomic E-state index is 10.9. The van der Waals surface area contributed by atoms with Gasteiger partial charge < -0.3 is 3.07 Å². The molecule has 0 aliphatic heterocycles. The molecule has 0 bridgehead atoms. The van der Waals surface area contributed by atoms with Gasteiger partial charge in [-0.15, -0.1) is 0 Å². The van der Waals surface area contributed by atoms with E-state index < -0.39 is 0 Å². The zero-order valence-electron chi connectivity index (χ0n) is 16.1. The molecule has 0 aliphatic rings. The lowest BCUT2D eigenvalue weighted by Gasteiger charge is -2.03. The predicted octanol–water partition coefficient (Wildman–Crippen LogP) is 8.58. The second-order valence-electron chi connectivity index (χ2n) is 6.42. The molecule has 0 saturated carbocycles. The molecule has 0 N–H and O–H groups in total. The SMILES string of the molecule is CCCCCCCCCCCCCCCCCC(=O)OI.CCI. The van der Waals surface area contributed by atoms with Crippen LogP contribution in [0.15, 0.2) is 0 Å². The summed E-state index contributed by atoms with van der Waals surface area (Å²) in [7, 11) is 0. The Morgan fingerprint density at radius 3 is 1.25 bits per heavy atom. The molecule has 0 spiro atoms. The van der Waals surface area contributed by atoms with Gasteiger partial charge in [-0.1, -0.05) is 126 Å². The zero-order valence-corrected chi connectivity index (χ0v) is 20.4. The highest BCUT2D eigenvalue weighted by molar-refractivity contribution is 14.1. The van der Waals surface area contributed by atoms with Crippen LogP contribution in [0.5, 0.6) is 0 Å². The van der Waals surface area contributed by atoms with Crippen LogP contribution in [0.2, 0.25) is 0 Å². The Hall–Kier alpha value is 0.930. The van der Waals surface area contributed by atoms with Crippen LogP contribution < -0.4 is 0 Å². The minimum absolute atomic E-state index is 0.0784. The third-order valence-electron chi connectivity index (χ3n) is 4.07. The summed E-state index contributed by atoms with van der Waals surface area (Å²) in [6.45, 7) is 4.39. The van der Waals surface area contributed by atoms with Gasteiger partial charge >= 0.3 is 5.97 Å². The van der Waals surface area contributed by atoms with E-state index >= 15 is 0 Å². The first-order valence-electron chi connectivity index (χ1n) is 10.1. The van der Waals surface area contributed by atoms with Gasteiger partial charge in [0.1, 0.15) is 0 Å².